The second kappa shape index (κ2) is 7.35. The molecule has 0 radical (unpaired) electrons. The van der Waals surface area contributed by atoms with Crippen LogP contribution in [0.1, 0.15) is 12.8 Å². The van der Waals surface area contributed by atoms with Crippen molar-refractivity contribution in [1.82, 2.24) is 20.2 Å². The summed E-state index contributed by atoms with van der Waals surface area (Å²) in [7, 11) is 0. The Bertz CT molecular complexity index is 856. The van der Waals surface area contributed by atoms with Crippen LogP contribution in [0.3, 0.4) is 0 Å². The van der Waals surface area contributed by atoms with E-state index in [0.29, 0.717) is 0 Å². The normalized spacial score (nSPS) is 15.0. The third kappa shape index (κ3) is 3.42. The van der Waals surface area contributed by atoms with Crippen molar-refractivity contribution in [1.29, 1.82) is 0 Å². The third-order valence-corrected chi connectivity index (χ3v) is 4.64. The number of amides is 1. The molecule has 1 fully saturated rings. The fourth-order valence-electron chi connectivity index (χ4n) is 3.22. The smallest absolute Gasteiger partial charge is 0.250 e. The molecule has 2 aromatic carbocycles. The van der Waals surface area contributed by atoms with Crippen LogP contribution in [0.25, 0.3) is 5.69 Å². The van der Waals surface area contributed by atoms with E-state index in [0.717, 1.165) is 43.3 Å². The van der Waals surface area contributed by atoms with Gasteiger partial charge in [0.25, 0.3) is 0 Å². The second-order valence-corrected chi connectivity index (χ2v) is 6.34. The van der Waals surface area contributed by atoms with Crippen molar-refractivity contribution in [2.75, 3.05) is 23.3 Å². The summed E-state index contributed by atoms with van der Waals surface area (Å²) < 4.78 is 1.74. The highest BCUT2D eigenvalue weighted by Crippen LogP contribution is 2.24. The number of piperidine rings is 1. The topological polar surface area (TPSA) is 75.9 Å². The number of nitrogens with zero attached hydrogens (tertiary/aromatic N) is 5. The number of aromatic nitrogens is 4. The molecule has 7 nitrogen and oxygen atoms in total. The quantitative estimate of drug-likeness (QED) is 0.784. The average molecular weight is 348 g/mol. The molecule has 1 N–H and O–H groups in total. The lowest BCUT2D eigenvalue weighted by atomic mass is 9.96. The van der Waals surface area contributed by atoms with Gasteiger partial charge in [-0.1, -0.05) is 41.5 Å². The van der Waals surface area contributed by atoms with Gasteiger partial charge < -0.3 is 10.2 Å². The number of nitrogens with one attached hydrogen (secondary N) is 1. The number of anilines is 2. The predicted molar refractivity (Wildman–Crippen MR) is 99.2 cm³/mol. The maximum Gasteiger partial charge on any atom is 0.250 e. The number of benzene rings is 2. The van der Waals surface area contributed by atoms with Crippen molar-refractivity contribution in [2.24, 2.45) is 5.92 Å². The number of hydrogen-bond acceptors (Lipinski definition) is 5. The van der Waals surface area contributed by atoms with Gasteiger partial charge >= 0.3 is 0 Å². The molecule has 1 aliphatic rings. The number of carbonyl (C=O) groups is 1. The fraction of sp³-hybridized carbons (Fsp3) is 0.263. The summed E-state index contributed by atoms with van der Waals surface area (Å²) in [6.45, 7) is 1.50. The molecule has 2 heterocycles. The van der Waals surface area contributed by atoms with E-state index in [4.69, 9.17) is 0 Å². The van der Waals surface area contributed by atoms with Crippen molar-refractivity contribution in [3.63, 3.8) is 0 Å². The summed E-state index contributed by atoms with van der Waals surface area (Å²) >= 11 is 0. The van der Waals surface area contributed by atoms with E-state index >= 15 is 0 Å². The first-order valence-corrected chi connectivity index (χ1v) is 8.76. The van der Waals surface area contributed by atoms with Gasteiger partial charge in [-0.3, -0.25) is 4.79 Å². The maximum absolute atomic E-state index is 12.5. The summed E-state index contributed by atoms with van der Waals surface area (Å²) in [5.41, 5.74) is 1.77. The van der Waals surface area contributed by atoms with Gasteiger partial charge in [-0.05, 0) is 47.5 Å². The molecule has 0 atom stereocenters. The number of tetrazole rings is 1. The van der Waals surface area contributed by atoms with E-state index in [1.54, 1.807) is 4.68 Å². The fourth-order valence-corrected chi connectivity index (χ4v) is 3.22. The standard InChI is InChI=1S/C19H20N6O/c26-18(20-16-7-3-1-4-8-16)15-11-13-24(14-12-15)19-21-22-23-25(19)17-9-5-2-6-10-17/h1-10,15H,11-14H2,(H,20,26). The van der Waals surface area contributed by atoms with E-state index in [1.165, 1.54) is 0 Å². The van der Waals surface area contributed by atoms with Gasteiger partial charge in [-0.2, -0.15) is 4.68 Å². The number of carbonyl (C=O) groups excluding carboxylic acids is 1. The highest BCUT2D eigenvalue weighted by molar-refractivity contribution is 5.92. The number of para-hydroxylation sites is 2. The highest BCUT2D eigenvalue weighted by atomic mass is 16.1. The Hall–Kier alpha value is -3.22. The second-order valence-electron chi connectivity index (χ2n) is 6.34. The molecule has 3 aromatic rings. The summed E-state index contributed by atoms with van der Waals surface area (Å²) in [4.78, 5) is 14.6. The SMILES string of the molecule is O=C(Nc1ccccc1)C1CCN(c2nnnn2-c2ccccc2)CC1. The maximum atomic E-state index is 12.5. The lowest BCUT2D eigenvalue weighted by Crippen LogP contribution is -2.39. The minimum Gasteiger partial charge on any atom is -0.339 e. The summed E-state index contributed by atoms with van der Waals surface area (Å²) in [5.74, 6) is 0.809. The average Bonchev–Trinajstić information content (AvgIpc) is 3.19. The van der Waals surface area contributed by atoms with E-state index in [2.05, 4.69) is 25.7 Å². The molecule has 132 valence electrons. The minimum absolute atomic E-state index is 0.00696. The van der Waals surface area contributed by atoms with Gasteiger partial charge in [0.15, 0.2) is 0 Å². The molecule has 26 heavy (non-hydrogen) atoms. The summed E-state index contributed by atoms with van der Waals surface area (Å²) in [6.07, 6.45) is 1.56. The van der Waals surface area contributed by atoms with Crippen LogP contribution in [0.2, 0.25) is 0 Å². The lowest BCUT2D eigenvalue weighted by Gasteiger charge is -2.31. The minimum atomic E-state index is 0.00696. The van der Waals surface area contributed by atoms with Crippen LogP contribution in [-0.2, 0) is 4.79 Å². The Kier molecular flexibility index (Phi) is 4.59. The van der Waals surface area contributed by atoms with E-state index in [1.807, 2.05) is 60.7 Å². The van der Waals surface area contributed by atoms with Crippen molar-refractivity contribution in [3.05, 3.63) is 60.7 Å². The van der Waals surface area contributed by atoms with Gasteiger partial charge in [0.05, 0.1) is 5.69 Å². The van der Waals surface area contributed by atoms with Crippen LogP contribution >= 0.6 is 0 Å². The van der Waals surface area contributed by atoms with Crippen LogP contribution in [0.5, 0.6) is 0 Å². The zero-order valence-electron chi connectivity index (χ0n) is 14.3. The molecule has 1 aromatic heterocycles. The first-order valence-electron chi connectivity index (χ1n) is 8.76. The van der Waals surface area contributed by atoms with Gasteiger partial charge in [0.2, 0.25) is 11.9 Å². The first kappa shape index (κ1) is 16.3. The summed E-state index contributed by atoms with van der Waals surface area (Å²) in [5, 5.41) is 15.1. The van der Waals surface area contributed by atoms with Crippen molar-refractivity contribution in [3.8, 4) is 5.69 Å². The highest BCUT2D eigenvalue weighted by Gasteiger charge is 2.27. The predicted octanol–water partition coefficient (Wildman–Crippen LogP) is 2.52. The van der Waals surface area contributed by atoms with Crippen molar-refractivity contribution >= 4 is 17.5 Å². The van der Waals surface area contributed by atoms with Gasteiger partial charge in [0.1, 0.15) is 0 Å². The molecule has 0 unspecified atom stereocenters. The third-order valence-electron chi connectivity index (χ3n) is 4.64. The Balaban J connectivity index is 1.40. The van der Waals surface area contributed by atoms with Crippen LogP contribution in [0.4, 0.5) is 11.6 Å². The molecule has 1 aliphatic heterocycles. The molecule has 1 amide bonds. The van der Waals surface area contributed by atoms with E-state index in [9.17, 15) is 4.79 Å². The van der Waals surface area contributed by atoms with Crippen molar-refractivity contribution in [2.45, 2.75) is 12.8 Å². The van der Waals surface area contributed by atoms with Crippen molar-refractivity contribution < 1.29 is 4.79 Å². The number of hydrogen-bond donors (Lipinski definition) is 1. The monoisotopic (exact) mass is 348 g/mol. The van der Waals surface area contributed by atoms with Gasteiger partial charge in [0, 0.05) is 24.7 Å². The van der Waals surface area contributed by atoms with Gasteiger partial charge in [-0.15, -0.1) is 0 Å². The molecular weight excluding hydrogens is 328 g/mol. The Morgan fingerprint density at radius 1 is 0.962 bits per heavy atom. The Morgan fingerprint density at radius 2 is 1.62 bits per heavy atom. The van der Waals surface area contributed by atoms with Crippen LogP contribution in [-0.4, -0.2) is 39.2 Å². The Morgan fingerprint density at radius 3 is 2.31 bits per heavy atom. The first-order chi connectivity index (χ1) is 12.8. The molecular formula is C19H20N6O. The Labute approximate surface area is 151 Å². The van der Waals surface area contributed by atoms with Crippen LogP contribution in [0, 0.1) is 5.92 Å². The van der Waals surface area contributed by atoms with Gasteiger partial charge in [-0.25, -0.2) is 0 Å². The summed E-state index contributed by atoms with van der Waals surface area (Å²) in [6, 6.07) is 19.4. The zero-order valence-corrected chi connectivity index (χ0v) is 14.3. The largest absolute Gasteiger partial charge is 0.339 e. The molecule has 0 bridgehead atoms. The number of rotatable bonds is 4. The van der Waals surface area contributed by atoms with Crippen LogP contribution < -0.4 is 10.2 Å². The van der Waals surface area contributed by atoms with E-state index in [-0.39, 0.29) is 11.8 Å². The molecule has 0 saturated carbocycles. The molecule has 0 aliphatic carbocycles. The van der Waals surface area contributed by atoms with Crippen LogP contribution in [0.15, 0.2) is 60.7 Å². The lowest BCUT2D eigenvalue weighted by molar-refractivity contribution is -0.120. The molecule has 0 spiro atoms. The molecule has 1 saturated heterocycles. The molecule has 7 heteroatoms. The molecule has 4 rings (SSSR count). The zero-order chi connectivity index (χ0) is 17.8. The van der Waals surface area contributed by atoms with E-state index < -0.39 is 0 Å².